The van der Waals surface area contributed by atoms with Crippen molar-refractivity contribution in [2.24, 2.45) is 0 Å². The Hall–Kier alpha value is -7.30. The normalized spacial score (nSPS) is 12.3. The van der Waals surface area contributed by atoms with Crippen molar-refractivity contribution >= 4 is 99.5 Å². The van der Waals surface area contributed by atoms with Crippen LogP contribution in [0.25, 0.3) is 65.4 Å². The van der Waals surface area contributed by atoms with Gasteiger partial charge in [-0.25, -0.2) is 0 Å². The number of hydrogen-bond acceptors (Lipinski definition) is 4. The third-order valence-electron chi connectivity index (χ3n) is 14.4. The number of nitrogens with zero attached hydrogens (tertiary/aromatic N) is 2. The van der Waals surface area contributed by atoms with E-state index < -0.39 is 0 Å². The standard InChI is InChI=1S/C65H62N2O2/c1-38(2)49-19-11-15-23-56(49)66(57-24-16-12-20-50(57)39(3)4)47-29-27-43-33-53-54-37-62-64(63(42(9)10)65(54)69-60(53)35-45(43)31-47)55-34-44-28-30-48(32-46(44)36-61(55)68-62)67(58-25-17-13-21-51(58)40(5)6)59-26-18-14-22-52(59)41(7)8/h11-42H,1-10H3. The fraction of sp³-hybridized carbons (Fsp3) is 0.231. The molecule has 0 saturated heterocycles. The molecule has 0 bridgehead atoms. The zero-order valence-electron chi connectivity index (χ0n) is 41.7. The first kappa shape index (κ1) is 44.2. The first-order valence-electron chi connectivity index (χ1n) is 25.0. The van der Waals surface area contributed by atoms with E-state index in [-0.39, 0.29) is 5.92 Å². The highest BCUT2D eigenvalue weighted by Gasteiger charge is 2.26. The van der Waals surface area contributed by atoms with E-state index in [2.05, 4.69) is 243 Å². The SMILES string of the molecule is CC(C)c1ccccc1N(c1ccc2cc3c(cc2c1)oc1c(C(C)C)c2c(cc13)oc1cc3cc(N(c4ccccc4C(C)C)c4ccccc4C(C)C)ccc3cc12)c1ccccc1C(C)C. The fourth-order valence-electron chi connectivity index (χ4n) is 11.0. The lowest BCUT2D eigenvalue weighted by atomic mass is 9.93. The van der Waals surface area contributed by atoms with Crippen LogP contribution in [0, 0.1) is 0 Å². The van der Waals surface area contributed by atoms with Crippen LogP contribution in [0.2, 0.25) is 0 Å². The van der Waals surface area contributed by atoms with E-state index in [0.717, 1.165) is 66.0 Å². The van der Waals surface area contributed by atoms with E-state index in [0.29, 0.717) is 23.7 Å². The van der Waals surface area contributed by atoms with Crippen LogP contribution in [0.5, 0.6) is 0 Å². The Morgan fingerprint density at radius 1 is 0.319 bits per heavy atom. The van der Waals surface area contributed by atoms with Crippen LogP contribution in [0.1, 0.15) is 127 Å². The van der Waals surface area contributed by atoms with Crippen molar-refractivity contribution in [1.29, 1.82) is 0 Å². The van der Waals surface area contributed by atoms with Crippen LogP contribution in [0.15, 0.2) is 173 Å². The summed E-state index contributed by atoms with van der Waals surface area (Å²) < 4.78 is 14.0. The number of fused-ring (bicyclic) bond motifs is 8. The second kappa shape index (κ2) is 17.3. The van der Waals surface area contributed by atoms with Gasteiger partial charge in [-0.15, -0.1) is 0 Å². The van der Waals surface area contributed by atoms with Gasteiger partial charge in [-0.1, -0.05) is 154 Å². The second-order valence-corrected chi connectivity index (χ2v) is 20.7. The molecule has 0 N–H and O–H groups in total. The zero-order chi connectivity index (χ0) is 47.8. The molecule has 2 aromatic heterocycles. The molecular formula is C65H62N2O2. The third-order valence-corrected chi connectivity index (χ3v) is 14.4. The lowest BCUT2D eigenvalue weighted by Gasteiger charge is -2.31. The Kier molecular flexibility index (Phi) is 11.1. The van der Waals surface area contributed by atoms with Gasteiger partial charge < -0.3 is 18.6 Å². The summed E-state index contributed by atoms with van der Waals surface area (Å²) in [6, 6.07) is 60.5. The van der Waals surface area contributed by atoms with Gasteiger partial charge in [0.1, 0.15) is 22.3 Å². The van der Waals surface area contributed by atoms with Gasteiger partial charge in [-0.05, 0) is 152 Å². The van der Waals surface area contributed by atoms with Crippen LogP contribution in [-0.2, 0) is 0 Å². The Morgan fingerprint density at radius 2 is 0.710 bits per heavy atom. The first-order chi connectivity index (χ1) is 33.4. The van der Waals surface area contributed by atoms with Gasteiger partial charge in [0.15, 0.2) is 0 Å². The summed E-state index contributed by atoms with van der Waals surface area (Å²) in [6.07, 6.45) is 0. The van der Waals surface area contributed by atoms with E-state index in [1.807, 2.05) is 0 Å². The lowest BCUT2D eigenvalue weighted by Crippen LogP contribution is -2.15. The highest BCUT2D eigenvalue weighted by molar-refractivity contribution is 6.20. The first-order valence-corrected chi connectivity index (χ1v) is 25.0. The quantitative estimate of drug-likeness (QED) is 0.129. The third kappa shape index (κ3) is 7.53. The van der Waals surface area contributed by atoms with Gasteiger partial charge >= 0.3 is 0 Å². The number of hydrogen-bond donors (Lipinski definition) is 0. The van der Waals surface area contributed by atoms with Crippen molar-refractivity contribution in [2.75, 3.05) is 9.80 Å². The van der Waals surface area contributed by atoms with Crippen LogP contribution in [0.3, 0.4) is 0 Å². The van der Waals surface area contributed by atoms with E-state index in [4.69, 9.17) is 8.83 Å². The topological polar surface area (TPSA) is 32.8 Å². The maximum absolute atomic E-state index is 7.06. The van der Waals surface area contributed by atoms with Gasteiger partial charge in [0, 0.05) is 61.2 Å². The van der Waals surface area contributed by atoms with Gasteiger partial charge in [0.2, 0.25) is 0 Å². The predicted octanol–water partition coefficient (Wildman–Crippen LogP) is 20.3. The Balaban J connectivity index is 1.06. The molecule has 0 saturated carbocycles. The van der Waals surface area contributed by atoms with Gasteiger partial charge in [-0.3, -0.25) is 0 Å². The molecule has 0 aliphatic carbocycles. The van der Waals surface area contributed by atoms with Crippen molar-refractivity contribution in [1.82, 2.24) is 0 Å². The molecule has 4 heteroatoms. The highest BCUT2D eigenvalue weighted by atomic mass is 16.3. The van der Waals surface area contributed by atoms with Crippen LogP contribution >= 0.6 is 0 Å². The zero-order valence-corrected chi connectivity index (χ0v) is 41.7. The minimum absolute atomic E-state index is 0.183. The largest absolute Gasteiger partial charge is 0.456 e. The van der Waals surface area contributed by atoms with Crippen molar-refractivity contribution in [3.63, 3.8) is 0 Å². The smallest absolute Gasteiger partial charge is 0.139 e. The summed E-state index contributed by atoms with van der Waals surface area (Å²) in [5.74, 6) is 1.62. The molecule has 11 aromatic rings. The molecule has 0 aliphatic heterocycles. The van der Waals surface area contributed by atoms with Crippen molar-refractivity contribution in [3.05, 3.63) is 192 Å². The maximum atomic E-state index is 7.06. The molecule has 0 unspecified atom stereocenters. The minimum Gasteiger partial charge on any atom is -0.456 e. The van der Waals surface area contributed by atoms with Crippen LogP contribution in [-0.4, -0.2) is 0 Å². The maximum Gasteiger partial charge on any atom is 0.139 e. The number of benzene rings is 9. The average Bonchev–Trinajstić information content (AvgIpc) is 3.88. The molecule has 344 valence electrons. The van der Waals surface area contributed by atoms with Crippen molar-refractivity contribution < 1.29 is 8.83 Å². The molecule has 0 spiro atoms. The summed E-state index contributed by atoms with van der Waals surface area (Å²) in [5.41, 5.74) is 17.1. The summed E-state index contributed by atoms with van der Waals surface area (Å²) in [4.78, 5) is 4.92. The molecule has 4 nitrogen and oxygen atoms in total. The monoisotopic (exact) mass is 902 g/mol. The Labute approximate surface area is 406 Å². The fourth-order valence-corrected chi connectivity index (χ4v) is 11.0. The minimum atomic E-state index is 0.183. The summed E-state index contributed by atoms with van der Waals surface area (Å²) >= 11 is 0. The second-order valence-electron chi connectivity index (χ2n) is 20.7. The van der Waals surface area contributed by atoms with Gasteiger partial charge in [0.25, 0.3) is 0 Å². The molecule has 9 aromatic carbocycles. The van der Waals surface area contributed by atoms with Crippen molar-refractivity contribution in [2.45, 2.75) is 98.8 Å². The molecule has 0 radical (unpaired) electrons. The Bertz CT molecular complexity index is 3520. The lowest BCUT2D eigenvalue weighted by molar-refractivity contribution is 0.655. The highest BCUT2D eigenvalue weighted by Crippen LogP contribution is 2.48. The van der Waals surface area contributed by atoms with Gasteiger partial charge in [-0.2, -0.15) is 0 Å². The Morgan fingerprint density at radius 3 is 1.12 bits per heavy atom. The summed E-state index contributed by atoms with van der Waals surface area (Å²) in [5, 5.41) is 9.04. The number of rotatable bonds is 11. The van der Waals surface area contributed by atoms with E-state index in [9.17, 15) is 0 Å². The summed E-state index contributed by atoms with van der Waals surface area (Å²) in [7, 11) is 0. The molecule has 0 atom stereocenters. The van der Waals surface area contributed by atoms with E-state index in [1.165, 1.54) is 61.3 Å². The molecule has 2 heterocycles. The number of furan rings is 2. The molecule has 69 heavy (non-hydrogen) atoms. The predicted molar refractivity (Wildman–Crippen MR) is 296 cm³/mol. The molecule has 0 amide bonds. The van der Waals surface area contributed by atoms with Crippen LogP contribution in [0.4, 0.5) is 34.1 Å². The summed E-state index contributed by atoms with van der Waals surface area (Å²) in [6.45, 7) is 22.8. The molecule has 11 rings (SSSR count). The number of anilines is 6. The molecular weight excluding hydrogens is 841 g/mol. The number of para-hydroxylation sites is 4. The van der Waals surface area contributed by atoms with E-state index in [1.54, 1.807) is 0 Å². The van der Waals surface area contributed by atoms with Gasteiger partial charge in [0.05, 0.1) is 0 Å². The van der Waals surface area contributed by atoms with Crippen LogP contribution < -0.4 is 9.80 Å². The molecule has 0 fully saturated rings. The average molecular weight is 903 g/mol. The van der Waals surface area contributed by atoms with E-state index >= 15 is 0 Å². The van der Waals surface area contributed by atoms with Crippen molar-refractivity contribution in [3.8, 4) is 0 Å². The molecule has 0 aliphatic rings.